The third kappa shape index (κ3) is 3.49. The molecule has 1 atom stereocenters. The van der Waals surface area contributed by atoms with E-state index >= 15 is 0 Å². The van der Waals surface area contributed by atoms with Crippen LogP contribution in [-0.2, 0) is 6.54 Å². The van der Waals surface area contributed by atoms with Gasteiger partial charge >= 0.3 is 0 Å². The summed E-state index contributed by atoms with van der Waals surface area (Å²) in [6.45, 7) is 9.25. The lowest BCUT2D eigenvalue weighted by atomic mass is 10.2. The number of hydrogen-bond acceptors (Lipinski definition) is 5. The van der Waals surface area contributed by atoms with Gasteiger partial charge in [-0.15, -0.1) is 0 Å². The van der Waals surface area contributed by atoms with Crippen LogP contribution in [-0.4, -0.2) is 46.1 Å². The maximum atomic E-state index is 5.29. The van der Waals surface area contributed by atoms with Gasteiger partial charge in [0, 0.05) is 32.7 Å². The summed E-state index contributed by atoms with van der Waals surface area (Å²) in [5.41, 5.74) is 1.38. The molecule has 0 saturated carbocycles. The summed E-state index contributed by atoms with van der Waals surface area (Å²) in [6, 6.07) is 10.9. The smallest absolute Gasteiger partial charge is 0.243 e. The van der Waals surface area contributed by atoms with Crippen molar-refractivity contribution < 1.29 is 4.52 Å². The standard InChI is InChI=1S/C16H22N4O/c1-13(16-17-14(2)18-21-16)20-10-8-19(9-11-20)12-15-6-4-3-5-7-15/h3-7,13H,8-12H2,1-2H3. The molecule has 0 bridgehead atoms. The Labute approximate surface area is 125 Å². The highest BCUT2D eigenvalue weighted by Gasteiger charge is 2.25. The molecule has 1 fully saturated rings. The van der Waals surface area contributed by atoms with Crippen LogP contribution in [0.5, 0.6) is 0 Å². The van der Waals surface area contributed by atoms with E-state index in [1.807, 2.05) is 6.92 Å². The molecular weight excluding hydrogens is 264 g/mol. The summed E-state index contributed by atoms with van der Waals surface area (Å²) >= 11 is 0. The number of rotatable bonds is 4. The Kier molecular flexibility index (Phi) is 4.31. The largest absolute Gasteiger partial charge is 0.338 e. The first-order valence-electron chi connectivity index (χ1n) is 7.53. The van der Waals surface area contributed by atoms with E-state index in [0.717, 1.165) is 38.6 Å². The Morgan fingerprint density at radius 2 is 1.86 bits per heavy atom. The molecule has 1 saturated heterocycles. The fourth-order valence-corrected chi connectivity index (χ4v) is 2.79. The molecular formula is C16H22N4O. The topological polar surface area (TPSA) is 45.4 Å². The Morgan fingerprint density at radius 1 is 1.14 bits per heavy atom. The van der Waals surface area contributed by atoms with E-state index in [4.69, 9.17) is 4.52 Å². The Morgan fingerprint density at radius 3 is 2.48 bits per heavy atom. The van der Waals surface area contributed by atoms with Crippen molar-refractivity contribution >= 4 is 0 Å². The van der Waals surface area contributed by atoms with Crippen LogP contribution in [0.1, 0.15) is 30.2 Å². The minimum absolute atomic E-state index is 0.199. The second-order valence-corrected chi connectivity index (χ2v) is 5.65. The van der Waals surface area contributed by atoms with Crippen molar-refractivity contribution in [2.24, 2.45) is 0 Å². The molecule has 5 nitrogen and oxygen atoms in total. The van der Waals surface area contributed by atoms with Crippen LogP contribution in [0.2, 0.25) is 0 Å². The molecule has 0 radical (unpaired) electrons. The van der Waals surface area contributed by atoms with Gasteiger partial charge in [-0.3, -0.25) is 9.80 Å². The highest BCUT2D eigenvalue weighted by atomic mass is 16.5. The number of aromatic nitrogens is 2. The van der Waals surface area contributed by atoms with Crippen LogP contribution in [0.3, 0.4) is 0 Å². The molecule has 0 spiro atoms. The van der Waals surface area contributed by atoms with Gasteiger partial charge in [0.25, 0.3) is 0 Å². The van der Waals surface area contributed by atoms with Crippen LogP contribution in [0.15, 0.2) is 34.9 Å². The van der Waals surface area contributed by atoms with Crippen LogP contribution in [0.25, 0.3) is 0 Å². The zero-order valence-electron chi connectivity index (χ0n) is 12.7. The van der Waals surface area contributed by atoms with Crippen molar-refractivity contribution in [3.8, 4) is 0 Å². The molecule has 1 aromatic heterocycles. The molecule has 3 rings (SSSR count). The molecule has 112 valence electrons. The van der Waals surface area contributed by atoms with Gasteiger partial charge in [0.2, 0.25) is 5.89 Å². The van der Waals surface area contributed by atoms with Gasteiger partial charge in [-0.1, -0.05) is 35.5 Å². The first-order chi connectivity index (χ1) is 10.2. The van der Waals surface area contributed by atoms with Gasteiger partial charge in [-0.2, -0.15) is 4.98 Å². The minimum atomic E-state index is 0.199. The second kappa shape index (κ2) is 6.37. The molecule has 0 aliphatic carbocycles. The molecule has 0 amide bonds. The third-order valence-corrected chi connectivity index (χ3v) is 4.10. The molecule has 5 heteroatoms. The monoisotopic (exact) mass is 286 g/mol. The molecule has 0 N–H and O–H groups in total. The molecule has 2 aromatic rings. The lowest BCUT2D eigenvalue weighted by Gasteiger charge is -2.36. The molecule has 1 aliphatic heterocycles. The maximum absolute atomic E-state index is 5.29. The second-order valence-electron chi connectivity index (χ2n) is 5.65. The third-order valence-electron chi connectivity index (χ3n) is 4.10. The number of nitrogens with zero attached hydrogens (tertiary/aromatic N) is 4. The predicted octanol–water partition coefficient (Wildman–Crippen LogP) is 2.26. The van der Waals surface area contributed by atoms with Crippen LogP contribution in [0, 0.1) is 6.92 Å². The molecule has 1 unspecified atom stereocenters. The fraction of sp³-hybridized carbons (Fsp3) is 0.500. The van der Waals surface area contributed by atoms with Gasteiger partial charge < -0.3 is 4.52 Å². The highest BCUT2D eigenvalue weighted by Crippen LogP contribution is 2.20. The van der Waals surface area contributed by atoms with E-state index in [1.54, 1.807) is 0 Å². The van der Waals surface area contributed by atoms with E-state index in [1.165, 1.54) is 5.56 Å². The van der Waals surface area contributed by atoms with E-state index in [9.17, 15) is 0 Å². The Balaban J connectivity index is 1.53. The highest BCUT2D eigenvalue weighted by molar-refractivity contribution is 5.14. The first-order valence-corrected chi connectivity index (χ1v) is 7.53. The zero-order chi connectivity index (χ0) is 14.7. The summed E-state index contributed by atoms with van der Waals surface area (Å²) in [5, 5.41) is 3.88. The number of aryl methyl sites for hydroxylation is 1. The normalized spacial score (nSPS) is 18.8. The van der Waals surface area contributed by atoms with Crippen LogP contribution < -0.4 is 0 Å². The van der Waals surface area contributed by atoms with Gasteiger partial charge in [0.15, 0.2) is 5.82 Å². The van der Waals surface area contributed by atoms with Gasteiger partial charge in [-0.05, 0) is 19.4 Å². The molecule has 1 aliphatic rings. The molecule has 1 aromatic carbocycles. The summed E-state index contributed by atoms with van der Waals surface area (Å²) in [7, 11) is 0. The van der Waals surface area contributed by atoms with E-state index in [0.29, 0.717) is 5.82 Å². The van der Waals surface area contributed by atoms with Crippen molar-refractivity contribution in [3.05, 3.63) is 47.6 Å². The molecule has 21 heavy (non-hydrogen) atoms. The minimum Gasteiger partial charge on any atom is -0.338 e. The SMILES string of the molecule is Cc1noc(C(C)N2CCN(Cc3ccccc3)CC2)n1. The lowest BCUT2D eigenvalue weighted by Crippen LogP contribution is -2.46. The van der Waals surface area contributed by atoms with Gasteiger partial charge in [0.1, 0.15) is 0 Å². The van der Waals surface area contributed by atoms with Crippen LogP contribution >= 0.6 is 0 Å². The van der Waals surface area contributed by atoms with E-state index in [-0.39, 0.29) is 6.04 Å². The Hall–Kier alpha value is -1.72. The molecule has 2 heterocycles. The number of hydrogen-bond donors (Lipinski definition) is 0. The quantitative estimate of drug-likeness (QED) is 0.862. The number of benzene rings is 1. The van der Waals surface area contributed by atoms with Gasteiger partial charge in [-0.25, -0.2) is 0 Å². The summed E-state index contributed by atoms with van der Waals surface area (Å²) in [6.07, 6.45) is 0. The maximum Gasteiger partial charge on any atom is 0.243 e. The first kappa shape index (κ1) is 14.2. The summed E-state index contributed by atoms with van der Waals surface area (Å²) in [4.78, 5) is 9.25. The predicted molar refractivity (Wildman–Crippen MR) is 80.7 cm³/mol. The van der Waals surface area contributed by atoms with Crippen molar-refractivity contribution in [2.45, 2.75) is 26.4 Å². The average Bonchev–Trinajstić information content (AvgIpc) is 2.95. The van der Waals surface area contributed by atoms with E-state index in [2.05, 4.69) is 57.2 Å². The summed E-state index contributed by atoms with van der Waals surface area (Å²) < 4.78 is 5.29. The lowest BCUT2D eigenvalue weighted by molar-refractivity contribution is 0.0845. The number of piperazine rings is 1. The summed E-state index contributed by atoms with van der Waals surface area (Å²) in [5.74, 6) is 1.43. The fourth-order valence-electron chi connectivity index (χ4n) is 2.79. The van der Waals surface area contributed by atoms with Crippen molar-refractivity contribution in [1.82, 2.24) is 19.9 Å². The zero-order valence-corrected chi connectivity index (χ0v) is 12.7. The van der Waals surface area contributed by atoms with Crippen LogP contribution in [0.4, 0.5) is 0 Å². The Bertz CT molecular complexity index is 561. The van der Waals surface area contributed by atoms with E-state index < -0.39 is 0 Å². The average molecular weight is 286 g/mol. The van der Waals surface area contributed by atoms with Crippen molar-refractivity contribution in [3.63, 3.8) is 0 Å². The van der Waals surface area contributed by atoms with Gasteiger partial charge in [0.05, 0.1) is 6.04 Å². The van der Waals surface area contributed by atoms with Crippen molar-refractivity contribution in [1.29, 1.82) is 0 Å². The van der Waals surface area contributed by atoms with Crippen molar-refractivity contribution in [2.75, 3.05) is 26.2 Å².